The largest absolute Gasteiger partial charge is 0.463 e. The van der Waals surface area contributed by atoms with Crippen molar-refractivity contribution in [3.8, 4) is 0 Å². The Morgan fingerprint density at radius 2 is 1.66 bits per heavy atom. The number of hydrogen-bond acceptors (Lipinski definition) is 7. The van der Waals surface area contributed by atoms with Crippen LogP contribution in [0, 0.1) is 5.82 Å². The van der Waals surface area contributed by atoms with E-state index in [-0.39, 0.29) is 42.1 Å². The molecule has 0 spiro atoms. The molecule has 2 aromatic rings. The van der Waals surface area contributed by atoms with Crippen LogP contribution in [0.4, 0.5) is 4.39 Å². The van der Waals surface area contributed by atoms with Gasteiger partial charge < -0.3 is 9.84 Å². The van der Waals surface area contributed by atoms with Crippen LogP contribution in [0.25, 0.3) is 0 Å². The Morgan fingerprint density at radius 3 is 2.25 bits per heavy atom. The highest BCUT2D eigenvalue weighted by atomic mass is 32.2. The first-order chi connectivity index (χ1) is 15.2. The number of halogens is 1. The highest BCUT2D eigenvalue weighted by molar-refractivity contribution is 7.89. The van der Waals surface area contributed by atoms with Crippen molar-refractivity contribution in [1.29, 1.82) is 0 Å². The van der Waals surface area contributed by atoms with Gasteiger partial charge in [-0.2, -0.15) is 4.31 Å². The summed E-state index contributed by atoms with van der Waals surface area (Å²) in [6.07, 6.45) is -1.26. The maximum atomic E-state index is 13.2. The van der Waals surface area contributed by atoms with E-state index in [0.29, 0.717) is 0 Å². The average molecular weight is 462 g/mol. The maximum Gasteiger partial charge on any atom is 0.324 e. The van der Waals surface area contributed by atoms with Gasteiger partial charge in [0, 0.05) is 13.0 Å². The second kappa shape index (κ2) is 8.41. The number of sulfonamides is 1. The molecule has 0 aliphatic carbocycles. The second-order valence-electron chi connectivity index (χ2n) is 7.41. The van der Waals surface area contributed by atoms with Gasteiger partial charge in [0.05, 0.1) is 28.7 Å². The van der Waals surface area contributed by atoms with Gasteiger partial charge in [-0.25, -0.2) is 12.8 Å². The molecule has 168 valence electrons. The quantitative estimate of drug-likeness (QED) is 0.498. The summed E-state index contributed by atoms with van der Waals surface area (Å²) in [5, 5.41) is 9.97. The maximum absolute atomic E-state index is 13.2. The first-order valence-electron chi connectivity index (χ1n) is 9.77. The summed E-state index contributed by atoms with van der Waals surface area (Å²) in [5.74, 6) is -2.53. The van der Waals surface area contributed by atoms with Crippen molar-refractivity contribution >= 4 is 27.8 Å². The summed E-state index contributed by atoms with van der Waals surface area (Å²) in [7, 11) is -4.19. The van der Waals surface area contributed by atoms with Crippen molar-refractivity contribution in [3.05, 3.63) is 65.5 Å². The summed E-state index contributed by atoms with van der Waals surface area (Å²) in [5.41, 5.74) is 0.526. The fourth-order valence-electron chi connectivity index (χ4n) is 3.78. The van der Waals surface area contributed by atoms with Crippen LogP contribution in [-0.4, -0.2) is 72.4 Å². The van der Waals surface area contributed by atoms with Crippen molar-refractivity contribution in [2.75, 3.05) is 19.7 Å². The zero-order valence-corrected chi connectivity index (χ0v) is 17.5. The van der Waals surface area contributed by atoms with E-state index in [1.807, 2.05) is 0 Å². The zero-order valence-electron chi connectivity index (χ0n) is 16.7. The smallest absolute Gasteiger partial charge is 0.324 e. The third-order valence-electron chi connectivity index (χ3n) is 5.36. The number of ether oxygens (including phenoxy) is 1. The van der Waals surface area contributed by atoms with Crippen molar-refractivity contribution in [2.24, 2.45) is 0 Å². The molecular formula is C21H19FN2O7S. The Bertz CT molecular complexity index is 1150. The number of benzene rings is 2. The van der Waals surface area contributed by atoms with E-state index in [1.165, 1.54) is 12.1 Å². The third-order valence-corrected chi connectivity index (χ3v) is 7.25. The van der Waals surface area contributed by atoms with Gasteiger partial charge in [-0.1, -0.05) is 12.1 Å². The highest BCUT2D eigenvalue weighted by Gasteiger charge is 2.44. The number of hydrogen-bond donors (Lipinski definition) is 1. The number of esters is 1. The summed E-state index contributed by atoms with van der Waals surface area (Å²) < 4.78 is 44.9. The molecule has 1 fully saturated rings. The molecule has 1 N–H and O–H groups in total. The zero-order chi connectivity index (χ0) is 23.0. The number of β-amino-alcohol motifs (C(OH)–C–C–N with tert-alkyl or cyclic N) is 1. The van der Waals surface area contributed by atoms with Crippen LogP contribution in [-0.2, 0) is 19.6 Å². The summed E-state index contributed by atoms with van der Waals surface area (Å²) >= 11 is 0. The summed E-state index contributed by atoms with van der Waals surface area (Å²) in [6.45, 7) is -0.850. The molecule has 2 amide bonds. The lowest BCUT2D eigenvalue weighted by atomic mass is 10.1. The minimum Gasteiger partial charge on any atom is -0.463 e. The number of carbonyl (C=O) groups excluding carboxylic acids is 3. The van der Waals surface area contributed by atoms with Crippen LogP contribution >= 0.6 is 0 Å². The number of nitrogens with zero attached hydrogens (tertiary/aromatic N) is 2. The van der Waals surface area contributed by atoms with Crippen molar-refractivity contribution in [2.45, 2.75) is 23.5 Å². The molecule has 1 saturated heterocycles. The first-order valence-corrected chi connectivity index (χ1v) is 11.2. The number of amides is 2. The molecule has 0 aromatic heterocycles. The van der Waals surface area contributed by atoms with Gasteiger partial charge in [0.2, 0.25) is 10.0 Å². The standard InChI is InChI=1S/C21H19FN2O7S/c22-13-5-7-15(8-6-13)32(29,30)24-12-14(25)11-18(24)21(28)31-10-9-23-19(26)16-3-1-2-4-17(16)20(23)27/h1-8,14,18,25H,9-12H2/t14-,18+/m1/s1. The highest BCUT2D eigenvalue weighted by Crippen LogP contribution is 2.28. The molecule has 32 heavy (non-hydrogen) atoms. The lowest BCUT2D eigenvalue weighted by Gasteiger charge is -2.23. The molecule has 2 aliphatic rings. The Kier molecular flexibility index (Phi) is 5.80. The van der Waals surface area contributed by atoms with Crippen molar-refractivity contribution in [3.63, 3.8) is 0 Å². The Morgan fingerprint density at radius 1 is 1.06 bits per heavy atom. The molecule has 4 rings (SSSR count). The topological polar surface area (TPSA) is 121 Å². The van der Waals surface area contributed by atoms with Gasteiger partial charge in [-0.3, -0.25) is 19.3 Å². The molecule has 11 heteroatoms. The molecule has 0 bridgehead atoms. The minimum absolute atomic E-state index is 0.174. The molecule has 2 aliphatic heterocycles. The molecule has 0 radical (unpaired) electrons. The third kappa shape index (κ3) is 3.90. The number of aliphatic hydroxyl groups excluding tert-OH is 1. The van der Waals surface area contributed by atoms with Gasteiger partial charge in [-0.05, 0) is 36.4 Å². The average Bonchev–Trinajstić information content (AvgIpc) is 3.28. The number of aliphatic hydroxyl groups is 1. The van der Waals surface area contributed by atoms with Gasteiger partial charge in [-0.15, -0.1) is 0 Å². The van der Waals surface area contributed by atoms with Crippen molar-refractivity contribution in [1.82, 2.24) is 9.21 Å². The van der Waals surface area contributed by atoms with E-state index < -0.39 is 45.8 Å². The van der Waals surface area contributed by atoms with Gasteiger partial charge in [0.15, 0.2) is 0 Å². The number of imide groups is 1. The van der Waals surface area contributed by atoms with Gasteiger partial charge in [0.1, 0.15) is 18.5 Å². The second-order valence-corrected chi connectivity index (χ2v) is 9.30. The molecule has 0 saturated carbocycles. The van der Waals surface area contributed by atoms with Crippen LogP contribution in [0.15, 0.2) is 53.4 Å². The van der Waals surface area contributed by atoms with Gasteiger partial charge in [0.25, 0.3) is 11.8 Å². The molecule has 0 unspecified atom stereocenters. The summed E-state index contributed by atoms with van der Waals surface area (Å²) in [6, 6.07) is 9.13. The Labute approximate surface area is 183 Å². The molecule has 2 atom stereocenters. The van der Waals surface area contributed by atoms with Gasteiger partial charge >= 0.3 is 5.97 Å². The van der Waals surface area contributed by atoms with E-state index >= 15 is 0 Å². The first kappa shape index (κ1) is 22.1. The number of carbonyl (C=O) groups is 3. The Balaban J connectivity index is 1.42. The van der Waals surface area contributed by atoms with Crippen LogP contribution in [0.5, 0.6) is 0 Å². The molecule has 9 nitrogen and oxygen atoms in total. The molecular weight excluding hydrogens is 443 g/mol. The summed E-state index contributed by atoms with van der Waals surface area (Å²) in [4.78, 5) is 38.1. The number of fused-ring (bicyclic) bond motifs is 1. The van der Waals surface area contributed by atoms with Crippen LogP contribution in [0.3, 0.4) is 0 Å². The minimum atomic E-state index is -4.19. The van der Waals surface area contributed by atoms with E-state index in [1.54, 1.807) is 12.1 Å². The number of rotatable bonds is 6. The Hall–Kier alpha value is -3.15. The van der Waals surface area contributed by atoms with Crippen LogP contribution in [0.2, 0.25) is 0 Å². The van der Waals surface area contributed by atoms with E-state index in [2.05, 4.69) is 0 Å². The van der Waals surface area contributed by atoms with E-state index in [4.69, 9.17) is 4.74 Å². The fourth-order valence-corrected chi connectivity index (χ4v) is 5.41. The molecule has 2 heterocycles. The van der Waals surface area contributed by atoms with E-state index in [9.17, 15) is 32.3 Å². The molecule has 2 aromatic carbocycles. The normalized spacial score (nSPS) is 21.1. The van der Waals surface area contributed by atoms with E-state index in [0.717, 1.165) is 33.5 Å². The fraction of sp³-hybridized carbons (Fsp3) is 0.286. The SMILES string of the molecule is O=C(OCCN1C(=O)c2ccccc2C1=O)[C@@H]1C[C@@H](O)CN1S(=O)(=O)c1ccc(F)cc1. The lowest BCUT2D eigenvalue weighted by molar-refractivity contribution is -0.147. The van der Waals surface area contributed by atoms with Crippen molar-refractivity contribution < 1.29 is 37.0 Å². The lowest BCUT2D eigenvalue weighted by Crippen LogP contribution is -2.42. The monoisotopic (exact) mass is 462 g/mol. The van der Waals surface area contributed by atoms with Crippen LogP contribution in [0.1, 0.15) is 27.1 Å². The van der Waals surface area contributed by atoms with Crippen LogP contribution < -0.4 is 0 Å². The predicted molar refractivity (Wildman–Crippen MR) is 107 cm³/mol. The predicted octanol–water partition coefficient (Wildman–Crippen LogP) is 0.789.